The summed E-state index contributed by atoms with van der Waals surface area (Å²) >= 11 is 0. The molecule has 0 atom stereocenters. The molecule has 0 aliphatic rings. The highest BCUT2D eigenvalue weighted by molar-refractivity contribution is 5.42. The van der Waals surface area contributed by atoms with Crippen LogP contribution in [0.15, 0.2) is 18.2 Å². The van der Waals surface area contributed by atoms with Gasteiger partial charge in [0.1, 0.15) is 5.75 Å². The minimum absolute atomic E-state index is 0.130. The fraction of sp³-hybridized carbons (Fsp3) is 0.667. The van der Waals surface area contributed by atoms with Gasteiger partial charge in [0.15, 0.2) is 0 Å². The standard InChI is InChI=1S/C18H31NO/c1-8-18(9-2,13-19-17(4,5)6)15-12-14(3)10-11-16(15)20-7/h10-12,19H,8-9,13H2,1-7H3. The van der Waals surface area contributed by atoms with Gasteiger partial charge < -0.3 is 10.1 Å². The molecule has 0 saturated heterocycles. The van der Waals surface area contributed by atoms with E-state index >= 15 is 0 Å². The molecule has 0 radical (unpaired) electrons. The zero-order chi connectivity index (χ0) is 15.4. The van der Waals surface area contributed by atoms with Crippen LogP contribution in [-0.2, 0) is 5.41 Å². The van der Waals surface area contributed by atoms with Gasteiger partial charge in [0.05, 0.1) is 7.11 Å². The van der Waals surface area contributed by atoms with Crippen molar-refractivity contribution in [3.05, 3.63) is 29.3 Å². The Morgan fingerprint density at radius 1 is 1.10 bits per heavy atom. The summed E-state index contributed by atoms with van der Waals surface area (Å²) in [6.07, 6.45) is 2.21. The zero-order valence-corrected chi connectivity index (χ0v) is 14.3. The first-order valence-corrected chi connectivity index (χ1v) is 7.68. The van der Waals surface area contributed by atoms with E-state index in [1.54, 1.807) is 7.11 Å². The third kappa shape index (κ3) is 3.99. The summed E-state index contributed by atoms with van der Waals surface area (Å²) in [4.78, 5) is 0. The molecule has 0 unspecified atom stereocenters. The molecule has 0 bridgehead atoms. The van der Waals surface area contributed by atoms with Gasteiger partial charge in [-0.2, -0.15) is 0 Å². The second kappa shape index (κ2) is 6.62. The smallest absolute Gasteiger partial charge is 0.122 e. The molecule has 0 aromatic heterocycles. The van der Waals surface area contributed by atoms with Gasteiger partial charge in [-0.15, -0.1) is 0 Å². The number of rotatable bonds is 6. The van der Waals surface area contributed by atoms with Crippen molar-refractivity contribution in [2.75, 3.05) is 13.7 Å². The molecule has 0 aliphatic carbocycles. The lowest BCUT2D eigenvalue weighted by Crippen LogP contribution is -2.45. The van der Waals surface area contributed by atoms with E-state index in [-0.39, 0.29) is 11.0 Å². The van der Waals surface area contributed by atoms with E-state index in [2.05, 4.69) is 65.1 Å². The highest BCUT2D eigenvalue weighted by Crippen LogP contribution is 2.38. The summed E-state index contributed by atoms with van der Waals surface area (Å²) in [7, 11) is 1.77. The monoisotopic (exact) mass is 277 g/mol. The molecule has 0 spiro atoms. The third-order valence-electron chi connectivity index (χ3n) is 4.24. The van der Waals surface area contributed by atoms with Crippen molar-refractivity contribution in [1.29, 1.82) is 0 Å². The Hall–Kier alpha value is -1.02. The van der Waals surface area contributed by atoms with E-state index in [9.17, 15) is 0 Å². The summed E-state index contributed by atoms with van der Waals surface area (Å²) in [6.45, 7) is 14.3. The molecule has 0 saturated carbocycles. The Bertz CT molecular complexity index is 428. The van der Waals surface area contributed by atoms with Crippen molar-refractivity contribution in [2.24, 2.45) is 0 Å². The number of hydrogen-bond donors (Lipinski definition) is 1. The average molecular weight is 277 g/mol. The van der Waals surface area contributed by atoms with Crippen LogP contribution >= 0.6 is 0 Å². The van der Waals surface area contributed by atoms with E-state index < -0.39 is 0 Å². The molecule has 2 heteroatoms. The Labute approximate surface area is 124 Å². The van der Waals surface area contributed by atoms with E-state index in [1.807, 2.05) is 0 Å². The van der Waals surface area contributed by atoms with Gasteiger partial charge >= 0.3 is 0 Å². The van der Waals surface area contributed by atoms with Crippen LogP contribution in [0.25, 0.3) is 0 Å². The average Bonchev–Trinajstić information content (AvgIpc) is 2.40. The number of benzene rings is 1. The summed E-state index contributed by atoms with van der Waals surface area (Å²) in [5.74, 6) is 1.01. The van der Waals surface area contributed by atoms with Gasteiger partial charge in [-0.05, 0) is 46.6 Å². The second-order valence-electron chi connectivity index (χ2n) is 6.79. The van der Waals surface area contributed by atoms with Gasteiger partial charge in [-0.25, -0.2) is 0 Å². The first-order valence-electron chi connectivity index (χ1n) is 7.68. The molecular weight excluding hydrogens is 246 g/mol. The van der Waals surface area contributed by atoms with Crippen LogP contribution in [0.1, 0.15) is 58.6 Å². The molecule has 1 aromatic carbocycles. The maximum absolute atomic E-state index is 5.61. The van der Waals surface area contributed by atoms with Crippen molar-refractivity contribution in [3.8, 4) is 5.75 Å². The molecule has 0 amide bonds. The molecular formula is C18H31NO. The first-order chi connectivity index (χ1) is 9.28. The lowest BCUT2D eigenvalue weighted by atomic mass is 9.74. The van der Waals surface area contributed by atoms with Crippen molar-refractivity contribution >= 4 is 0 Å². The van der Waals surface area contributed by atoms with Gasteiger partial charge in [-0.1, -0.05) is 31.5 Å². The maximum Gasteiger partial charge on any atom is 0.122 e. The van der Waals surface area contributed by atoms with Crippen LogP contribution in [0.5, 0.6) is 5.75 Å². The van der Waals surface area contributed by atoms with E-state index in [0.717, 1.165) is 25.1 Å². The van der Waals surface area contributed by atoms with Crippen molar-refractivity contribution < 1.29 is 4.74 Å². The summed E-state index contributed by atoms with van der Waals surface area (Å²) in [6, 6.07) is 6.51. The van der Waals surface area contributed by atoms with Crippen molar-refractivity contribution in [3.63, 3.8) is 0 Å². The summed E-state index contributed by atoms with van der Waals surface area (Å²) < 4.78 is 5.61. The zero-order valence-electron chi connectivity index (χ0n) is 14.3. The molecule has 0 fully saturated rings. The lowest BCUT2D eigenvalue weighted by molar-refractivity contribution is 0.300. The minimum Gasteiger partial charge on any atom is -0.496 e. The fourth-order valence-electron chi connectivity index (χ4n) is 2.65. The largest absolute Gasteiger partial charge is 0.496 e. The Kier molecular flexibility index (Phi) is 5.64. The molecule has 1 N–H and O–H groups in total. The van der Waals surface area contributed by atoms with Crippen LogP contribution in [0.2, 0.25) is 0 Å². The van der Waals surface area contributed by atoms with Crippen LogP contribution in [0.4, 0.5) is 0 Å². The predicted octanol–water partition coefficient (Wildman–Crippen LogP) is 4.45. The predicted molar refractivity (Wildman–Crippen MR) is 87.7 cm³/mol. The molecule has 2 nitrogen and oxygen atoms in total. The Balaban J connectivity index is 3.21. The van der Waals surface area contributed by atoms with Crippen LogP contribution in [0, 0.1) is 6.92 Å². The summed E-state index contributed by atoms with van der Waals surface area (Å²) in [5.41, 5.74) is 2.89. The third-order valence-corrected chi connectivity index (χ3v) is 4.24. The van der Waals surface area contributed by atoms with E-state index in [4.69, 9.17) is 4.74 Å². The van der Waals surface area contributed by atoms with Crippen molar-refractivity contribution in [1.82, 2.24) is 5.32 Å². The van der Waals surface area contributed by atoms with Crippen LogP contribution in [0.3, 0.4) is 0 Å². The van der Waals surface area contributed by atoms with Gasteiger partial charge in [0.25, 0.3) is 0 Å². The first kappa shape index (κ1) is 17.0. The number of methoxy groups -OCH3 is 1. The molecule has 20 heavy (non-hydrogen) atoms. The lowest BCUT2D eigenvalue weighted by Gasteiger charge is -2.37. The highest BCUT2D eigenvalue weighted by atomic mass is 16.5. The highest BCUT2D eigenvalue weighted by Gasteiger charge is 2.32. The number of ether oxygens (including phenoxy) is 1. The maximum atomic E-state index is 5.61. The Morgan fingerprint density at radius 2 is 1.70 bits per heavy atom. The molecule has 0 heterocycles. The second-order valence-corrected chi connectivity index (χ2v) is 6.79. The quantitative estimate of drug-likeness (QED) is 0.829. The van der Waals surface area contributed by atoms with E-state index in [0.29, 0.717) is 0 Å². The fourth-order valence-corrected chi connectivity index (χ4v) is 2.65. The van der Waals surface area contributed by atoms with Gasteiger partial charge in [-0.3, -0.25) is 0 Å². The van der Waals surface area contributed by atoms with Crippen LogP contribution in [-0.4, -0.2) is 19.2 Å². The van der Waals surface area contributed by atoms with Gasteiger partial charge in [0.2, 0.25) is 0 Å². The minimum atomic E-state index is 0.130. The topological polar surface area (TPSA) is 21.3 Å². The van der Waals surface area contributed by atoms with Crippen LogP contribution < -0.4 is 10.1 Å². The van der Waals surface area contributed by atoms with Gasteiger partial charge in [0, 0.05) is 23.1 Å². The normalized spacial score (nSPS) is 12.6. The number of nitrogens with one attached hydrogen (secondary N) is 1. The number of hydrogen-bond acceptors (Lipinski definition) is 2. The SMILES string of the molecule is CCC(CC)(CNC(C)(C)C)c1cc(C)ccc1OC. The molecule has 1 aromatic rings. The molecule has 114 valence electrons. The molecule has 0 aliphatic heterocycles. The van der Waals surface area contributed by atoms with Crippen molar-refractivity contribution in [2.45, 2.75) is 65.3 Å². The molecule has 1 rings (SSSR count). The number of aryl methyl sites for hydroxylation is 1. The van der Waals surface area contributed by atoms with E-state index in [1.165, 1.54) is 11.1 Å². The Morgan fingerprint density at radius 3 is 2.15 bits per heavy atom. The summed E-state index contributed by atoms with van der Waals surface area (Å²) in [5, 5.41) is 3.68.